The fourth-order valence-electron chi connectivity index (χ4n) is 1.21. The van der Waals surface area contributed by atoms with Gasteiger partial charge in [0.05, 0.1) is 6.54 Å². The second-order valence-corrected chi connectivity index (χ2v) is 3.85. The minimum absolute atomic E-state index is 0.0421. The molecule has 0 unspecified atom stereocenters. The molecule has 5 heteroatoms. The maximum Gasteiger partial charge on any atom is 0.233 e. The fraction of sp³-hybridized carbons (Fsp3) is 0.800. The molecule has 0 aromatic heterocycles. The number of nitrogens with one attached hydrogen (secondary N) is 3. The lowest BCUT2D eigenvalue weighted by Crippen LogP contribution is -2.36. The van der Waals surface area contributed by atoms with E-state index in [-0.39, 0.29) is 11.8 Å². The molecule has 0 atom stereocenters. The summed E-state index contributed by atoms with van der Waals surface area (Å²) < 4.78 is 0. The van der Waals surface area contributed by atoms with Gasteiger partial charge in [0.1, 0.15) is 0 Å². The molecule has 1 aliphatic rings. The third-order valence-electron chi connectivity index (χ3n) is 2.37. The van der Waals surface area contributed by atoms with Gasteiger partial charge in [0.15, 0.2) is 0 Å². The summed E-state index contributed by atoms with van der Waals surface area (Å²) in [5, 5.41) is 8.27. The van der Waals surface area contributed by atoms with Gasteiger partial charge in [-0.05, 0) is 25.3 Å². The van der Waals surface area contributed by atoms with Crippen molar-refractivity contribution in [3.63, 3.8) is 0 Å². The largest absolute Gasteiger partial charge is 0.359 e. The Bertz CT molecular complexity index is 227. The van der Waals surface area contributed by atoms with Crippen LogP contribution in [0.2, 0.25) is 0 Å². The van der Waals surface area contributed by atoms with Crippen LogP contribution in [0, 0.1) is 5.92 Å². The number of rotatable bonds is 7. The van der Waals surface area contributed by atoms with Crippen LogP contribution in [0.15, 0.2) is 0 Å². The number of hydrogen-bond acceptors (Lipinski definition) is 3. The van der Waals surface area contributed by atoms with Crippen LogP contribution in [0.25, 0.3) is 0 Å². The fourth-order valence-corrected chi connectivity index (χ4v) is 1.21. The summed E-state index contributed by atoms with van der Waals surface area (Å²) in [6, 6.07) is 0. The van der Waals surface area contributed by atoms with Gasteiger partial charge < -0.3 is 16.0 Å². The Morgan fingerprint density at radius 1 is 1.27 bits per heavy atom. The van der Waals surface area contributed by atoms with E-state index in [1.807, 2.05) is 0 Å². The first-order chi connectivity index (χ1) is 7.22. The van der Waals surface area contributed by atoms with Crippen molar-refractivity contribution in [2.24, 2.45) is 5.92 Å². The minimum atomic E-state index is -0.0544. The molecule has 15 heavy (non-hydrogen) atoms. The Hall–Kier alpha value is -1.10. The van der Waals surface area contributed by atoms with E-state index < -0.39 is 0 Å². The zero-order valence-corrected chi connectivity index (χ0v) is 9.14. The molecular formula is C10H19N3O2. The number of carbonyl (C=O) groups excluding carboxylic acids is 2. The Labute approximate surface area is 90.0 Å². The van der Waals surface area contributed by atoms with E-state index in [9.17, 15) is 9.59 Å². The van der Waals surface area contributed by atoms with Gasteiger partial charge in [-0.3, -0.25) is 9.59 Å². The number of amides is 2. The van der Waals surface area contributed by atoms with Gasteiger partial charge in [-0.2, -0.15) is 0 Å². The van der Waals surface area contributed by atoms with Gasteiger partial charge in [-0.25, -0.2) is 0 Å². The monoisotopic (exact) mass is 213 g/mol. The highest BCUT2D eigenvalue weighted by atomic mass is 16.2. The van der Waals surface area contributed by atoms with Crippen LogP contribution in [-0.2, 0) is 9.59 Å². The van der Waals surface area contributed by atoms with Crippen LogP contribution >= 0.6 is 0 Å². The maximum absolute atomic E-state index is 11.2. The zero-order chi connectivity index (χ0) is 11.1. The van der Waals surface area contributed by atoms with E-state index in [1.165, 1.54) is 12.8 Å². The van der Waals surface area contributed by atoms with Crippen LogP contribution in [0.5, 0.6) is 0 Å². The third kappa shape index (κ3) is 6.06. The van der Waals surface area contributed by atoms with Crippen molar-refractivity contribution in [1.29, 1.82) is 0 Å². The Kier molecular flexibility index (Phi) is 5.10. The molecule has 2 amide bonds. The van der Waals surface area contributed by atoms with Crippen molar-refractivity contribution in [1.82, 2.24) is 16.0 Å². The van der Waals surface area contributed by atoms with Gasteiger partial charge in [0.25, 0.3) is 0 Å². The standard InChI is InChI=1S/C10H19N3O2/c1-11-9(14)4-5-13-10(15)7-12-6-8-2-3-8/h8,12H,2-7H2,1H3,(H,11,14)(H,13,15). The SMILES string of the molecule is CNC(=O)CCNC(=O)CNCC1CC1. The average molecular weight is 213 g/mol. The van der Waals surface area contributed by atoms with Crippen molar-refractivity contribution in [3.8, 4) is 0 Å². The highest BCUT2D eigenvalue weighted by molar-refractivity contribution is 5.79. The van der Waals surface area contributed by atoms with Gasteiger partial charge in [0.2, 0.25) is 11.8 Å². The lowest BCUT2D eigenvalue weighted by Gasteiger charge is -2.05. The summed E-state index contributed by atoms with van der Waals surface area (Å²) in [7, 11) is 1.58. The van der Waals surface area contributed by atoms with Crippen LogP contribution in [0.1, 0.15) is 19.3 Å². The van der Waals surface area contributed by atoms with Crippen molar-refractivity contribution in [3.05, 3.63) is 0 Å². The first kappa shape index (κ1) is 12.0. The second-order valence-electron chi connectivity index (χ2n) is 3.85. The van der Waals surface area contributed by atoms with Gasteiger partial charge in [-0.15, -0.1) is 0 Å². The smallest absolute Gasteiger partial charge is 0.233 e. The molecule has 0 aromatic rings. The Balaban J connectivity index is 1.90. The normalized spacial score (nSPS) is 14.7. The van der Waals surface area contributed by atoms with Crippen LogP contribution in [-0.4, -0.2) is 38.5 Å². The molecule has 0 aromatic carbocycles. The van der Waals surface area contributed by atoms with Crippen molar-refractivity contribution < 1.29 is 9.59 Å². The molecule has 0 spiro atoms. The zero-order valence-electron chi connectivity index (χ0n) is 9.14. The molecule has 1 rings (SSSR count). The predicted molar refractivity (Wildman–Crippen MR) is 57.3 cm³/mol. The number of carbonyl (C=O) groups is 2. The molecule has 0 aliphatic heterocycles. The highest BCUT2D eigenvalue weighted by Crippen LogP contribution is 2.27. The first-order valence-electron chi connectivity index (χ1n) is 5.40. The van der Waals surface area contributed by atoms with E-state index in [0.29, 0.717) is 19.5 Å². The van der Waals surface area contributed by atoms with E-state index in [4.69, 9.17) is 0 Å². The highest BCUT2D eigenvalue weighted by Gasteiger charge is 2.20. The molecule has 1 fully saturated rings. The predicted octanol–water partition coefficient (Wildman–Crippen LogP) is -0.762. The quantitative estimate of drug-likeness (QED) is 0.520. The van der Waals surface area contributed by atoms with E-state index in [2.05, 4.69) is 16.0 Å². The van der Waals surface area contributed by atoms with E-state index in [0.717, 1.165) is 12.5 Å². The molecule has 3 N–H and O–H groups in total. The van der Waals surface area contributed by atoms with Gasteiger partial charge in [-0.1, -0.05) is 0 Å². The summed E-state index contributed by atoms with van der Waals surface area (Å²) in [5.41, 5.74) is 0. The van der Waals surface area contributed by atoms with Gasteiger partial charge in [0, 0.05) is 20.0 Å². The Morgan fingerprint density at radius 3 is 2.60 bits per heavy atom. The van der Waals surface area contributed by atoms with Crippen LogP contribution in [0.4, 0.5) is 0 Å². The minimum Gasteiger partial charge on any atom is -0.359 e. The maximum atomic E-state index is 11.2. The lowest BCUT2D eigenvalue weighted by molar-refractivity contribution is -0.121. The summed E-state index contributed by atoms with van der Waals surface area (Å²) in [6.07, 6.45) is 2.90. The third-order valence-corrected chi connectivity index (χ3v) is 2.37. The van der Waals surface area contributed by atoms with E-state index in [1.54, 1.807) is 7.05 Å². The summed E-state index contributed by atoms with van der Waals surface area (Å²) in [4.78, 5) is 22.0. The molecular weight excluding hydrogens is 194 g/mol. The summed E-state index contributed by atoms with van der Waals surface area (Å²) in [5.74, 6) is 0.685. The summed E-state index contributed by atoms with van der Waals surface area (Å²) >= 11 is 0. The molecule has 0 heterocycles. The topological polar surface area (TPSA) is 70.2 Å². The van der Waals surface area contributed by atoms with Crippen molar-refractivity contribution in [2.75, 3.05) is 26.7 Å². The summed E-state index contributed by atoms with van der Waals surface area (Å²) in [6.45, 7) is 1.69. The lowest BCUT2D eigenvalue weighted by atomic mass is 10.4. The van der Waals surface area contributed by atoms with E-state index >= 15 is 0 Å². The van der Waals surface area contributed by atoms with Gasteiger partial charge >= 0.3 is 0 Å². The molecule has 1 saturated carbocycles. The molecule has 0 bridgehead atoms. The molecule has 0 saturated heterocycles. The van der Waals surface area contributed by atoms with Crippen LogP contribution in [0.3, 0.4) is 0 Å². The van der Waals surface area contributed by atoms with Crippen molar-refractivity contribution in [2.45, 2.75) is 19.3 Å². The van der Waals surface area contributed by atoms with Crippen molar-refractivity contribution >= 4 is 11.8 Å². The number of hydrogen-bond donors (Lipinski definition) is 3. The molecule has 0 radical (unpaired) electrons. The van der Waals surface area contributed by atoms with Crippen LogP contribution < -0.4 is 16.0 Å². The average Bonchev–Trinajstić information content (AvgIpc) is 3.01. The molecule has 5 nitrogen and oxygen atoms in total. The second kappa shape index (κ2) is 6.40. The Morgan fingerprint density at radius 2 is 2.00 bits per heavy atom. The molecule has 1 aliphatic carbocycles. The first-order valence-corrected chi connectivity index (χ1v) is 5.40. The molecule has 86 valence electrons.